The summed E-state index contributed by atoms with van der Waals surface area (Å²) in [5.41, 5.74) is 4.97. The van der Waals surface area contributed by atoms with Gasteiger partial charge in [-0.05, 0) is 55.6 Å². The standard InChI is InChI=1S/C17H19Cl2N/c1-11-7-8-13(9-12(11)2)10-16(20-3)14-5-4-6-15(18)17(14)19/h4-9,16,20H,10H2,1-3H3. The number of nitrogens with one attached hydrogen (secondary N) is 1. The lowest BCUT2D eigenvalue weighted by atomic mass is 9.96. The average Bonchev–Trinajstić information content (AvgIpc) is 2.43. The number of halogens is 2. The van der Waals surface area contributed by atoms with E-state index >= 15 is 0 Å². The third kappa shape index (κ3) is 3.35. The van der Waals surface area contributed by atoms with Gasteiger partial charge in [0.25, 0.3) is 0 Å². The Balaban J connectivity index is 2.28. The van der Waals surface area contributed by atoms with Gasteiger partial charge in [-0.25, -0.2) is 0 Å². The molecule has 0 saturated heterocycles. The molecule has 0 aliphatic rings. The summed E-state index contributed by atoms with van der Waals surface area (Å²) in [6, 6.07) is 12.5. The Labute approximate surface area is 130 Å². The topological polar surface area (TPSA) is 12.0 Å². The molecule has 0 radical (unpaired) electrons. The first-order chi connectivity index (χ1) is 9.52. The molecule has 2 aromatic carbocycles. The monoisotopic (exact) mass is 307 g/mol. The maximum atomic E-state index is 6.32. The largest absolute Gasteiger partial charge is 0.313 e. The van der Waals surface area contributed by atoms with Crippen LogP contribution in [0.15, 0.2) is 36.4 Å². The van der Waals surface area contributed by atoms with Crippen molar-refractivity contribution < 1.29 is 0 Å². The number of likely N-dealkylation sites (N-methyl/N-ethyl adjacent to an activating group) is 1. The minimum absolute atomic E-state index is 0.156. The van der Waals surface area contributed by atoms with Crippen LogP contribution in [0.4, 0.5) is 0 Å². The molecule has 1 nitrogen and oxygen atoms in total. The minimum atomic E-state index is 0.156. The number of aryl methyl sites for hydroxylation is 2. The van der Waals surface area contributed by atoms with Crippen LogP contribution in [0.25, 0.3) is 0 Å². The van der Waals surface area contributed by atoms with Gasteiger partial charge in [0.1, 0.15) is 0 Å². The van der Waals surface area contributed by atoms with Crippen molar-refractivity contribution in [3.63, 3.8) is 0 Å². The average molecular weight is 308 g/mol. The van der Waals surface area contributed by atoms with Gasteiger partial charge in [0.15, 0.2) is 0 Å². The molecule has 0 saturated carbocycles. The molecule has 0 heterocycles. The van der Waals surface area contributed by atoms with Gasteiger partial charge >= 0.3 is 0 Å². The van der Waals surface area contributed by atoms with Crippen molar-refractivity contribution in [1.29, 1.82) is 0 Å². The van der Waals surface area contributed by atoms with E-state index in [0.717, 1.165) is 12.0 Å². The Kier molecular flexibility index (Phi) is 5.09. The summed E-state index contributed by atoms with van der Waals surface area (Å²) < 4.78 is 0. The Morgan fingerprint density at radius 2 is 1.80 bits per heavy atom. The number of rotatable bonds is 4. The molecule has 0 aliphatic carbocycles. The van der Waals surface area contributed by atoms with Crippen LogP contribution in [0, 0.1) is 13.8 Å². The highest BCUT2D eigenvalue weighted by Crippen LogP contribution is 2.31. The molecule has 2 aromatic rings. The van der Waals surface area contributed by atoms with E-state index in [0.29, 0.717) is 10.0 Å². The van der Waals surface area contributed by atoms with Gasteiger partial charge < -0.3 is 5.32 Å². The van der Waals surface area contributed by atoms with Crippen LogP contribution in [0.5, 0.6) is 0 Å². The normalized spacial score (nSPS) is 12.4. The van der Waals surface area contributed by atoms with Crippen LogP contribution in [0.2, 0.25) is 10.0 Å². The van der Waals surface area contributed by atoms with Gasteiger partial charge in [-0.15, -0.1) is 0 Å². The molecule has 2 rings (SSSR count). The zero-order valence-electron chi connectivity index (χ0n) is 12.0. The highest BCUT2D eigenvalue weighted by molar-refractivity contribution is 6.42. The van der Waals surface area contributed by atoms with Crippen LogP contribution in [0.3, 0.4) is 0 Å². The van der Waals surface area contributed by atoms with E-state index in [1.807, 2.05) is 25.2 Å². The highest BCUT2D eigenvalue weighted by Gasteiger charge is 2.15. The molecule has 1 atom stereocenters. The van der Waals surface area contributed by atoms with E-state index < -0.39 is 0 Å². The third-order valence-electron chi connectivity index (χ3n) is 3.72. The maximum Gasteiger partial charge on any atom is 0.0640 e. The van der Waals surface area contributed by atoms with Crippen molar-refractivity contribution in [3.05, 3.63) is 68.7 Å². The van der Waals surface area contributed by atoms with Gasteiger partial charge in [-0.3, -0.25) is 0 Å². The second-order valence-corrected chi connectivity index (χ2v) is 5.89. The van der Waals surface area contributed by atoms with Crippen molar-refractivity contribution in [2.45, 2.75) is 26.3 Å². The zero-order valence-corrected chi connectivity index (χ0v) is 13.5. The van der Waals surface area contributed by atoms with Crippen molar-refractivity contribution in [2.75, 3.05) is 7.05 Å². The SMILES string of the molecule is CNC(Cc1ccc(C)c(C)c1)c1cccc(Cl)c1Cl. The Bertz CT molecular complexity index is 608. The van der Waals surface area contributed by atoms with Crippen molar-refractivity contribution in [3.8, 4) is 0 Å². The lowest BCUT2D eigenvalue weighted by Crippen LogP contribution is -2.19. The maximum absolute atomic E-state index is 6.32. The van der Waals surface area contributed by atoms with Crippen LogP contribution >= 0.6 is 23.2 Å². The van der Waals surface area contributed by atoms with Crippen LogP contribution in [0.1, 0.15) is 28.3 Å². The highest BCUT2D eigenvalue weighted by atomic mass is 35.5. The number of hydrogen-bond donors (Lipinski definition) is 1. The quantitative estimate of drug-likeness (QED) is 0.827. The molecule has 106 valence electrons. The van der Waals surface area contributed by atoms with E-state index in [4.69, 9.17) is 23.2 Å². The third-order valence-corrected chi connectivity index (χ3v) is 4.55. The fraction of sp³-hybridized carbons (Fsp3) is 0.294. The molecule has 0 aromatic heterocycles. The molecule has 20 heavy (non-hydrogen) atoms. The summed E-state index contributed by atoms with van der Waals surface area (Å²) in [5.74, 6) is 0. The lowest BCUT2D eigenvalue weighted by Gasteiger charge is -2.19. The fourth-order valence-electron chi connectivity index (χ4n) is 2.32. The van der Waals surface area contributed by atoms with Crippen LogP contribution in [-0.4, -0.2) is 7.05 Å². The lowest BCUT2D eigenvalue weighted by molar-refractivity contribution is 0.592. The summed E-state index contributed by atoms with van der Waals surface area (Å²) in [4.78, 5) is 0. The summed E-state index contributed by atoms with van der Waals surface area (Å²) >= 11 is 12.4. The first-order valence-corrected chi connectivity index (χ1v) is 7.46. The smallest absolute Gasteiger partial charge is 0.0640 e. The second-order valence-electron chi connectivity index (χ2n) is 5.11. The molecule has 3 heteroatoms. The molecule has 0 aliphatic heterocycles. The van der Waals surface area contributed by atoms with E-state index in [9.17, 15) is 0 Å². The Morgan fingerprint density at radius 3 is 2.45 bits per heavy atom. The van der Waals surface area contributed by atoms with E-state index in [1.54, 1.807) is 0 Å². The first kappa shape index (κ1) is 15.4. The first-order valence-electron chi connectivity index (χ1n) is 6.70. The molecule has 0 spiro atoms. The van der Waals surface area contributed by atoms with Gasteiger partial charge in [0.2, 0.25) is 0 Å². The van der Waals surface area contributed by atoms with Crippen molar-refractivity contribution in [1.82, 2.24) is 5.32 Å². The molecular formula is C17H19Cl2N. The molecular weight excluding hydrogens is 289 g/mol. The number of hydrogen-bond acceptors (Lipinski definition) is 1. The minimum Gasteiger partial charge on any atom is -0.313 e. The van der Waals surface area contributed by atoms with Crippen molar-refractivity contribution in [2.24, 2.45) is 0 Å². The molecule has 0 fully saturated rings. The Hall–Kier alpha value is -1.02. The molecule has 0 amide bonds. The fourth-order valence-corrected chi connectivity index (χ4v) is 2.76. The predicted molar refractivity (Wildman–Crippen MR) is 87.9 cm³/mol. The van der Waals surface area contributed by atoms with E-state index in [-0.39, 0.29) is 6.04 Å². The molecule has 1 N–H and O–H groups in total. The van der Waals surface area contributed by atoms with Crippen LogP contribution < -0.4 is 5.32 Å². The second kappa shape index (κ2) is 6.62. The van der Waals surface area contributed by atoms with Gasteiger partial charge in [-0.1, -0.05) is 53.5 Å². The van der Waals surface area contributed by atoms with Crippen molar-refractivity contribution >= 4 is 23.2 Å². The molecule has 1 unspecified atom stereocenters. The Morgan fingerprint density at radius 1 is 1.05 bits per heavy atom. The molecule has 0 bridgehead atoms. The summed E-state index contributed by atoms with van der Waals surface area (Å²) in [7, 11) is 1.95. The van der Waals surface area contributed by atoms with E-state index in [1.165, 1.54) is 16.7 Å². The summed E-state index contributed by atoms with van der Waals surface area (Å²) in [6.45, 7) is 4.27. The summed E-state index contributed by atoms with van der Waals surface area (Å²) in [5, 5.41) is 4.56. The zero-order chi connectivity index (χ0) is 14.7. The van der Waals surface area contributed by atoms with E-state index in [2.05, 4.69) is 37.4 Å². The summed E-state index contributed by atoms with van der Waals surface area (Å²) in [6.07, 6.45) is 0.887. The van der Waals surface area contributed by atoms with Crippen LogP contribution in [-0.2, 0) is 6.42 Å². The van der Waals surface area contributed by atoms with Gasteiger partial charge in [0, 0.05) is 6.04 Å². The van der Waals surface area contributed by atoms with Gasteiger partial charge in [0.05, 0.1) is 10.0 Å². The predicted octanol–water partition coefficient (Wildman–Crippen LogP) is 5.11. The number of benzene rings is 2. The van der Waals surface area contributed by atoms with Gasteiger partial charge in [-0.2, -0.15) is 0 Å².